The van der Waals surface area contributed by atoms with Gasteiger partial charge in [0.2, 0.25) is 11.6 Å². The van der Waals surface area contributed by atoms with Gasteiger partial charge >= 0.3 is 0 Å². The van der Waals surface area contributed by atoms with Gasteiger partial charge in [0.15, 0.2) is 11.5 Å². The Kier molecular flexibility index (Phi) is 7.64. The van der Waals surface area contributed by atoms with Gasteiger partial charge < -0.3 is 19.9 Å². The summed E-state index contributed by atoms with van der Waals surface area (Å²) in [5.74, 6) is 0.531. The van der Waals surface area contributed by atoms with E-state index in [4.69, 9.17) is 9.47 Å². The first-order chi connectivity index (χ1) is 12.2. The molecule has 1 rings (SSSR count). The van der Waals surface area contributed by atoms with Crippen molar-refractivity contribution in [1.29, 1.82) is 0 Å². The van der Waals surface area contributed by atoms with Gasteiger partial charge in [0.1, 0.15) is 0 Å². The summed E-state index contributed by atoms with van der Waals surface area (Å²) in [5.41, 5.74) is 0.637. The van der Waals surface area contributed by atoms with Crippen molar-refractivity contribution in [2.45, 2.75) is 33.2 Å². The number of ether oxygens (including phenoxy) is 2. The Morgan fingerprint density at radius 2 is 1.92 bits per heavy atom. The van der Waals surface area contributed by atoms with Crippen LogP contribution in [0.3, 0.4) is 0 Å². The molecule has 0 aromatic heterocycles. The van der Waals surface area contributed by atoms with Crippen molar-refractivity contribution >= 4 is 5.91 Å². The van der Waals surface area contributed by atoms with Crippen molar-refractivity contribution in [2.24, 2.45) is 0 Å². The average Bonchev–Trinajstić information content (AvgIpc) is 2.62. The molecule has 1 unspecified atom stereocenters. The van der Waals surface area contributed by atoms with E-state index in [0.29, 0.717) is 17.1 Å². The summed E-state index contributed by atoms with van der Waals surface area (Å²) in [7, 11) is 2.98. The third-order valence-electron chi connectivity index (χ3n) is 3.75. The van der Waals surface area contributed by atoms with E-state index in [2.05, 4.69) is 5.32 Å². The lowest BCUT2D eigenvalue weighted by Gasteiger charge is -2.22. The molecule has 0 saturated heterocycles. The molecule has 142 valence electrons. The average molecular weight is 364 g/mol. The van der Waals surface area contributed by atoms with Crippen molar-refractivity contribution in [3.8, 4) is 11.5 Å². The maximum absolute atomic E-state index is 12.0. The Balaban J connectivity index is 3.53. The number of methoxy groups -OCH3 is 2. The lowest BCUT2D eigenvalue weighted by molar-refractivity contribution is -0.424. The molecule has 2 N–H and O–H groups in total. The second-order valence-corrected chi connectivity index (χ2v) is 5.55. The first-order valence-corrected chi connectivity index (χ1v) is 7.98. The number of nitrogens with one attached hydrogen (secondary N) is 1. The van der Waals surface area contributed by atoms with Gasteiger partial charge in [-0.2, -0.15) is 0 Å². The van der Waals surface area contributed by atoms with Crippen LogP contribution >= 0.6 is 0 Å². The molecule has 0 heterocycles. The lowest BCUT2D eigenvalue weighted by Crippen LogP contribution is -2.29. The van der Waals surface area contributed by atoms with Gasteiger partial charge in [-0.15, -0.1) is 0 Å². The number of allylic oxidation sites excluding steroid dienone is 2. The molecule has 8 heteroatoms. The summed E-state index contributed by atoms with van der Waals surface area (Å²) in [4.78, 5) is 22.4. The third kappa shape index (κ3) is 5.23. The van der Waals surface area contributed by atoms with Crippen LogP contribution < -0.4 is 14.8 Å². The Bertz CT molecular complexity index is 735. The van der Waals surface area contributed by atoms with Crippen LogP contribution in [0.2, 0.25) is 0 Å². The number of nitrogens with zero attached hydrogens (tertiary/aromatic N) is 1. The standard InChI is InChI=1S/C18H24N2O6/c1-6-17(22)19-18(14(12(3)21)9-11(2)20(23)24)13-7-8-15(25-4)16(10-13)26-5/h7-10,18,21H,6H2,1-5H3,(H,19,22)/b11-9+,14-12-. The number of hydrogen-bond donors (Lipinski definition) is 2. The van der Waals surface area contributed by atoms with E-state index in [1.54, 1.807) is 25.1 Å². The maximum atomic E-state index is 12.0. The molecule has 0 radical (unpaired) electrons. The highest BCUT2D eigenvalue weighted by Gasteiger charge is 2.23. The molecule has 1 aromatic carbocycles. The van der Waals surface area contributed by atoms with Gasteiger partial charge in [0.25, 0.3) is 0 Å². The van der Waals surface area contributed by atoms with E-state index in [0.717, 1.165) is 0 Å². The van der Waals surface area contributed by atoms with Gasteiger partial charge in [-0.3, -0.25) is 14.9 Å². The number of amides is 1. The summed E-state index contributed by atoms with van der Waals surface area (Å²) in [6.45, 7) is 4.41. The first kappa shape index (κ1) is 21.0. The molecule has 1 aromatic rings. The van der Waals surface area contributed by atoms with Gasteiger partial charge in [-0.1, -0.05) is 13.0 Å². The van der Waals surface area contributed by atoms with Gasteiger partial charge in [0, 0.05) is 25.0 Å². The number of aliphatic hydroxyl groups is 1. The van der Waals surface area contributed by atoms with Crippen LogP contribution in [0.4, 0.5) is 0 Å². The maximum Gasteiger partial charge on any atom is 0.243 e. The van der Waals surface area contributed by atoms with Crippen molar-refractivity contribution in [3.63, 3.8) is 0 Å². The summed E-state index contributed by atoms with van der Waals surface area (Å²) in [6, 6.07) is 4.22. The summed E-state index contributed by atoms with van der Waals surface area (Å²) >= 11 is 0. The molecule has 26 heavy (non-hydrogen) atoms. The molecule has 1 amide bonds. The van der Waals surface area contributed by atoms with Crippen molar-refractivity contribution < 1.29 is 24.3 Å². The van der Waals surface area contributed by atoms with E-state index in [-0.39, 0.29) is 29.4 Å². The van der Waals surface area contributed by atoms with E-state index < -0.39 is 11.0 Å². The summed E-state index contributed by atoms with van der Waals surface area (Å²) in [5, 5.41) is 23.9. The molecule has 0 aliphatic heterocycles. The number of aliphatic hydroxyl groups excluding tert-OH is 1. The number of carbonyl (C=O) groups is 1. The minimum Gasteiger partial charge on any atom is -0.512 e. The molecule has 0 saturated carbocycles. The number of nitro groups is 1. The predicted octanol–water partition coefficient (Wildman–Crippen LogP) is 3.28. The molecule has 0 bridgehead atoms. The predicted molar refractivity (Wildman–Crippen MR) is 96.8 cm³/mol. The van der Waals surface area contributed by atoms with Crippen LogP contribution in [-0.4, -0.2) is 30.2 Å². The van der Waals surface area contributed by atoms with Gasteiger partial charge in [0.05, 0.1) is 30.9 Å². The van der Waals surface area contributed by atoms with Crippen molar-refractivity contribution in [3.05, 3.63) is 57.0 Å². The van der Waals surface area contributed by atoms with E-state index in [1.165, 1.54) is 34.1 Å². The second kappa shape index (κ2) is 9.45. The lowest BCUT2D eigenvalue weighted by atomic mass is 9.96. The highest BCUT2D eigenvalue weighted by atomic mass is 16.6. The largest absolute Gasteiger partial charge is 0.512 e. The zero-order chi connectivity index (χ0) is 19.9. The fourth-order valence-corrected chi connectivity index (χ4v) is 2.31. The van der Waals surface area contributed by atoms with Crippen LogP contribution in [0.15, 0.2) is 41.3 Å². The monoisotopic (exact) mass is 364 g/mol. The molecule has 0 spiro atoms. The third-order valence-corrected chi connectivity index (χ3v) is 3.75. The molecule has 8 nitrogen and oxygen atoms in total. The summed E-state index contributed by atoms with van der Waals surface area (Å²) < 4.78 is 10.5. The molecule has 0 aliphatic carbocycles. The first-order valence-electron chi connectivity index (χ1n) is 7.98. The number of hydrogen-bond acceptors (Lipinski definition) is 6. The second-order valence-electron chi connectivity index (χ2n) is 5.55. The number of rotatable bonds is 8. The van der Waals surface area contributed by atoms with Crippen molar-refractivity contribution in [2.75, 3.05) is 14.2 Å². The Morgan fingerprint density at radius 1 is 1.31 bits per heavy atom. The minimum atomic E-state index is -0.790. The number of benzene rings is 1. The number of carbonyl (C=O) groups excluding carboxylic acids is 1. The minimum absolute atomic E-state index is 0.137. The molecular weight excluding hydrogens is 340 g/mol. The normalized spacial score (nSPS) is 13.5. The zero-order valence-corrected chi connectivity index (χ0v) is 15.5. The van der Waals surface area contributed by atoms with Crippen LogP contribution in [-0.2, 0) is 4.79 Å². The summed E-state index contributed by atoms with van der Waals surface area (Å²) in [6.07, 6.45) is 1.46. The molecule has 0 aliphatic rings. The highest BCUT2D eigenvalue weighted by molar-refractivity contribution is 5.76. The fourth-order valence-electron chi connectivity index (χ4n) is 2.31. The zero-order valence-electron chi connectivity index (χ0n) is 15.5. The van der Waals surface area contributed by atoms with Gasteiger partial charge in [-0.05, 0) is 24.6 Å². The van der Waals surface area contributed by atoms with Crippen LogP contribution in [0.1, 0.15) is 38.8 Å². The van der Waals surface area contributed by atoms with Crippen LogP contribution in [0, 0.1) is 10.1 Å². The van der Waals surface area contributed by atoms with E-state index >= 15 is 0 Å². The van der Waals surface area contributed by atoms with Crippen molar-refractivity contribution in [1.82, 2.24) is 5.32 Å². The van der Waals surface area contributed by atoms with Crippen LogP contribution in [0.5, 0.6) is 11.5 Å². The fraction of sp³-hybridized carbons (Fsp3) is 0.389. The quantitative estimate of drug-likeness (QED) is 0.317. The highest BCUT2D eigenvalue weighted by Crippen LogP contribution is 2.33. The molecule has 0 fully saturated rings. The molecule has 1 atom stereocenters. The smallest absolute Gasteiger partial charge is 0.243 e. The van der Waals surface area contributed by atoms with Gasteiger partial charge in [-0.25, -0.2) is 0 Å². The Labute approximate surface area is 152 Å². The van der Waals surface area contributed by atoms with E-state index in [1.807, 2.05) is 0 Å². The van der Waals surface area contributed by atoms with E-state index in [9.17, 15) is 20.0 Å². The topological polar surface area (TPSA) is 111 Å². The molecular formula is C18H24N2O6. The Morgan fingerprint density at radius 3 is 2.38 bits per heavy atom. The SMILES string of the molecule is CCC(=O)NC(C(/C=C(\C)[N+](=O)[O-])=C(/C)O)c1ccc(OC)c(OC)c1. The van der Waals surface area contributed by atoms with Crippen LogP contribution in [0.25, 0.3) is 0 Å². The Hall–Kier alpha value is -3.03.